The minimum atomic E-state index is -0.457. The van der Waals surface area contributed by atoms with Crippen LogP contribution in [-0.4, -0.2) is 26.0 Å². The van der Waals surface area contributed by atoms with E-state index in [1.54, 1.807) is 49.6 Å². The van der Waals surface area contributed by atoms with Crippen molar-refractivity contribution in [2.75, 3.05) is 19.2 Å². The van der Waals surface area contributed by atoms with Gasteiger partial charge in [-0.2, -0.15) is 0 Å². The summed E-state index contributed by atoms with van der Waals surface area (Å²) in [6, 6.07) is 14.1. The summed E-state index contributed by atoms with van der Waals surface area (Å²) in [5.74, 6) is 0.272. The fraction of sp³-hybridized carbons (Fsp3) is 0.111. The lowest BCUT2D eigenvalue weighted by Gasteiger charge is -2.13. The van der Waals surface area contributed by atoms with Crippen LogP contribution in [0.5, 0.6) is 11.5 Å². The van der Waals surface area contributed by atoms with Crippen LogP contribution in [0.3, 0.4) is 0 Å². The SMILES string of the molecule is COc1ccc(/C=C2/C(=O)NN(c3ccccc3)C2=O)c(OC)c1. The number of anilines is 1. The topological polar surface area (TPSA) is 67.9 Å². The van der Waals surface area contributed by atoms with Gasteiger partial charge in [0.1, 0.15) is 17.1 Å². The Morgan fingerprint density at radius 1 is 1.00 bits per heavy atom. The number of benzene rings is 2. The fourth-order valence-corrected chi connectivity index (χ4v) is 2.41. The molecule has 0 bridgehead atoms. The van der Waals surface area contributed by atoms with Crippen LogP contribution in [-0.2, 0) is 9.59 Å². The van der Waals surface area contributed by atoms with Crippen LogP contribution in [0.15, 0.2) is 54.1 Å². The van der Waals surface area contributed by atoms with Gasteiger partial charge in [0.15, 0.2) is 0 Å². The molecule has 1 N–H and O–H groups in total. The Kier molecular flexibility index (Phi) is 4.20. The molecule has 2 aromatic rings. The summed E-state index contributed by atoms with van der Waals surface area (Å²) in [5, 5.41) is 1.23. The molecule has 122 valence electrons. The first-order valence-electron chi connectivity index (χ1n) is 7.28. The summed E-state index contributed by atoms with van der Waals surface area (Å²) in [6.07, 6.45) is 1.51. The van der Waals surface area contributed by atoms with Crippen LogP contribution in [0.1, 0.15) is 5.56 Å². The summed E-state index contributed by atoms with van der Waals surface area (Å²) in [7, 11) is 3.07. The van der Waals surface area contributed by atoms with Gasteiger partial charge < -0.3 is 9.47 Å². The molecule has 6 heteroatoms. The Labute approximate surface area is 139 Å². The predicted octanol–water partition coefficient (Wildman–Crippen LogP) is 2.17. The van der Waals surface area contributed by atoms with Gasteiger partial charge in [-0.15, -0.1) is 0 Å². The van der Waals surface area contributed by atoms with Gasteiger partial charge in [-0.3, -0.25) is 15.0 Å². The lowest BCUT2D eigenvalue weighted by atomic mass is 10.1. The number of rotatable bonds is 4. The van der Waals surface area contributed by atoms with Gasteiger partial charge in [-0.1, -0.05) is 18.2 Å². The van der Waals surface area contributed by atoms with Crippen LogP contribution in [0, 0.1) is 0 Å². The second-order valence-corrected chi connectivity index (χ2v) is 5.08. The quantitative estimate of drug-likeness (QED) is 0.691. The molecule has 0 unspecified atom stereocenters. The zero-order valence-corrected chi connectivity index (χ0v) is 13.3. The van der Waals surface area contributed by atoms with Gasteiger partial charge in [0, 0.05) is 11.6 Å². The van der Waals surface area contributed by atoms with Crippen molar-refractivity contribution in [2.24, 2.45) is 0 Å². The number of carbonyl (C=O) groups is 2. The van der Waals surface area contributed by atoms with Gasteiger partial charge in [-0.05, 0) is 30.3 Å². The van der Waals surface area contributed by atoms with E-state index >= 15 is 0 Å². The first kappa shape index (κ1) is 15.6. The van der Waals surface area contributed by atoms with Crippen molar-refractivity contribution in [1.82, 2.24) is 5.43 Å². The molecule has 1 saturated heterocycles. The van der Waals surface area contributed by atoms with Gasteiger partial charge in [0.2, 0.25) is 0 Å². The molecule has 0 aliphatic carbocycles. The number of hydrogen-bond acceptors (Lipinski definition) is 4. The molecule has 2 amide bonds. The highest BCUT2D eigenvalue weighted by atomic mass is 16.5. The van der Waals surface area contributed by atoms with Crippen LogP contribution in [0.2, 0.25) is 0 Å². The standard InChI is InChI=1S/C18H16N2O4/c1-23-14-9-8-12(16(11-14)24-2)10-15-17(21)19-20(18(15)22)13-6-4-3-5-7-13/h3-11H,1-2H3,(H,19,21)/b15-10-. The molecule has 2 aromatic carbocycles. The van der Waals surface area contributed by atoms with Crippen molar-refractivity contribution in [3.8, 4) is 11.5 Å². The second-order valence-electron chi connectivity index (χ2n) is 5.08. The summed E-state index contributed by atoms with van der Waals surface area (Å²) >= 11 is 0. The Hall–Kier alpha value is -3.28. The van der Waals surface area contributed by atoms with Crippen molar-refractivity contribution in [2.45, 2.75) is 0 Å². The number of para-hydroxylation sites is 1. The van der Waals surface area contributed by atoms with Crippen molar-refractivity contribution in [3.63, 3.8) is 0 Å². The molecule has 1 heterocycles. The van der Waals surface area contributed by atoms with Crippen molar-refractivity contribution in [3.05, 3.63) is 59.7 Å². The largest absolute Gasteiger partial charge is 0.497 e. The van der Waals surface area contributed by atoms with Crippen LogP contribution in [0.25, 0.3) is 6.08 Å². The number of hydrazine groups is 1. The van der Waals surface area contributed by atoms with Gasteiger partial charge in [0.05, 0.1) is 19.9 Å². The zero-order valence-electron chi connectivity index (χ0n) is 13.3. The lowest BCUT2D eigenvalue weighted by molar-refractivity contribution is -0.117. The molecule has 0 spiro atoms. The zero-order chi connectivity index (χ0) is 17.1. The van der Waals surface area contributed by atoms with E-state index in [1.165, 1.54) is 18.2 Å². The monoisotopic (exact) mass is 324 g/mol. The third-order valence-corrected chi connectivity index (χ3v) is 3.65. The van der Waals surface area contributed by atoms with Crippen molar-refractivity contribution < 1.29 is 19.1 Å². The molecule has 24 heavy (non-hydrogen) atoms. The van der Waals surface area contributed by atoms with Gasteiger partial charge in [-0.25, -0.2) is 5.01 Å². The fourth-order valence-electron chi connectivity index (χ4n) is 2.41. The summed E-state index contributed by atoms with van der Waals surface area (Å²) in [5.41, 5.74) is 3.82. The molecule has 0 atom stereocenters. The maximum Gasteiger partial charge on any atom is 0.282 e. The van der Waals surface area contributed by atoms with Crippen molar-refractivity contribution >= 4 is 23.6 Å². The van der Waals surface area contributed by atoms with E-state index < -0.39 is 11.8 Å². The predicted molar refractivity (Wildman–Crippen MR) is 89.6 cm³/mol. The van der Waals surface area contributed by atoms with Crippen molar-refractivity contribution in [1.29, 1.82) is 0 Å². The molecule has 6 nitrogen and oxygen atoms in total. The van der Waals surface area contributed by atoms with Gasteiger partial charge in [0.25, 0.3) is 11.8 Å². The smallest absolute Gasteiger partial charge is 0.282 e. The number of amides is 2. The minimum Gasteiger partial charge on any atom is -0.497 e. The third kappa shape index (κ3) is 2.81. The lowest BCUT2D eigenvalue weighted by Crippen LogP contribution is -2.35. The number of nitrogens with one attached hydrogen (secondary N) is 1. The molecule has 0 aromatic heterocycles. The highest BCUT2D eigenvalue weighted by Gasteiger charge is 2.34. The summed E-state index contributed by atoms with van der Waals surface area (Å²) in [6.45, 7) is 0. The van der Waals surface area contributed by atoms with Gasteiger partial charge >= 0.3 is 0 Å². The highest BCUT2D eigenvalue weighted by molar-refractivity contribution is 6.31. The van der Waals surface area contributed by atoms with E-state index in [0.29, 0.717) is 22.7 Å². The summed E-state index contributed by atoms with van der Waals surface area (Å²) in [4.78, 5) is 24.7. The maximum absolute atomic E-state index is 12.6. The average molecular weight is 324 g/mol. The molecular weight excluding hydrogens is 308 g/mol. The number of nitrogens with zero attached hydrogens (tertiary/aromatic N) is 1. The van der Waals surface area contributed by atoms with Crippen LogP contribution < -0.4 is 19.9 Å². The Bertz CT molecular complexity index is 815. The molecule has 3 rings (SSSR count). The Morgan fingerprint density at radius 3 is 2.42 bits per heavy atom. The normalized spacial score (nSPS) is 15.6. The number of hydrogen-bond donors (Lipinski definition) is 1. The third-order valence-electron chi connectivity index (χ3n) is 3.65. The van der Waals surface area contributed by atoms with E-state index in [9.17, 15) is 9.59 Å². The number of ether oxygens (including phenoxy) is 2. The Balaban J connectivity index is 1.96. The minimum absolute atomic E-state index is 0.0438. The molecular formula is C18H16N2O4. The second kappa shape index (κ2) is 6.45. The molecule has 1 aliphatic heterocycles. The van der Waals surface area contributed by atoms with E-state index in [2.05, 4.69) is 5.43 Å². The maximum atomic E-state index is 12.6. The van der Waals surface area contributed by atoms with E-state index in [4.69, 9.17) is 9.47 Å². The van der Waals surface area contributed by atoms with Crippen LogP contribution >= 0.6 is 0 Å². The number of carbonyl (C=O) groups excluding carboxylic acids is 2. The van der Waals surface area contributed by atoms with E-state index in [1.807, 2.05) is 6.07 Å². The molecule has 1 aliphatic rings. The molecule has 1 fully saturated rings. The molecule has 0 radical (unpaired) electrons. The highest BCUT2D eigenvalue weighted by Crippen LogP contribution is 2.28. The first-order valence-corrected chi connectivity index (χ1v) is 7.28. The number of methoxy groups -OCH3 is 2. The average Bonchev–Trinajstić information content (AvgIpc) is 2.91. The molecule has 0 saturated carbocycles. The Morgan fingerprint density at radius 2 is 1.75 bits per heavy atom. The van der Waals surface area contributed by atoms with Crippen LogP contribution in [0.4, 0.5) is 5.69 Å². The van der Waals surface area contributed by atoms with E-state index in [0.717, 1.165) is 0 Å². The van der Waals surface area contributed by atoms with E-state index in [-0.39, 0.29) is 5.57 Å². The first-order chi connectivity index (χ1) is 11.6. The summed E-state index contributed by atoms with van der Waals surface area (Å²) < 4.78 is 10.4.